The largest absolute Gasteiger partial charge is 0.356 e. The zero-order chi connectivity index (χ0) is 20.6. The van der Waals surface area contributed by atoms with Gasteiger partial charge in [0.05, 0.1) is 5.69 Å². The van der Waals surface area contributed by atoms with Crippen molar-refractivity contribution in [2.24, 2.45) is 0 Å². The first-order valence-corrected chi connectivity index (χ1v) is 12.5. The molecule has 5 heterocycles. The van der Waals surface area contributed by atoms with E-state index in [4.69, 9.17) is 9.97 Å². The summed E-state index contributed by atoms with van der Waals surface area (Å²) < 4.78 is 28.2. The zero-order valence-corrected chi connectivity index (χ0v) is 18.2. The van der Waals surface area contributed by atoms with Crippen molar-refractivity contribution in [3.63, 3.8) is 0 Å². The molecule has 3 aromatic rings. The number of anilines is 1. The Morgan fingerprint density at radius 2 is 1.83 bits per heavy atom. The van der Waals surface area contributed by atoms with Crippen molar-refractivity contribution in [3.05, 3.63) is 53.2 Å². The smallest absolute Gasteiger partial charge is 0.252 e. The highest BCUT2D eigenvalue weighted by Gasteiger charge is 2.33. The van der Waals surface area contributed by atoms with Crippen LogP contribution in [0.25, 0.3) is 11.5 Å². The maximum atomic E-state index is 13.1. The van der Waals surface area contributed by atoms with E-state index in [2.05, 4.69) is 9.88 Å². The standard InChI is InChI=1S/C21H23N5O2S2/c27-30(28,19-8-6-14-29-19)26-13-9-17-16(15-26)21(25-11-4-1-5-12-25)24-20(23-17)18-7-2-3-10-22-18/h2-3,6-8,10,14H,1,4-5,9,11-13,15H2. The molecule has 9 heteroatoms. The van der Waals surface area contributed by atoms with Gasteiger partial charge in [-0.3, -0.25) is 4.98 Å². The minimum absolute atomic E-state index is 0.309. The minimum atomic E-state index is -3.51. The highest BCUT2D eigenvalue weighted by molar-refractivity contribution is 7.91. The topological polar surface area (TPSA) is 79.3 Å². The van der Waals surface area contributed by atoms with Crippen LogP contribution >= 0.6 is 11.3 Å². The SMILES string of the molecule is O=S(=O)(c1cccs1)N1CCc2nc(-c3ccccn3)nc(N3CCCCC3)c2C1. The molecule has 0 atom stereocenters. The number of aromatic nitrogens is 3. The van der Waals surface area contributed by atoms with Crippen LogP contribution in [0.1, 0.15) is 30.5 Å². The number of hydrogen-bond donors (Lipinski definition) is 0. The average Bonchev–Trinajstić information content (AvgIpc) is 3.35. The maximum absolute atomic E-state index is 13.1. The Morgan fingerprint density at radius 1 is 0.967 bits per heavy atom. The van der Waals surface area contributed by atoms with E-state index in [9.17, 15) is 8.42 Å². The second-order valence-corrected chi connectivity index (χ2v) is 10.7. The second-order valence-electron chi connectivity index (χ2n) is 7.58. The first-order valence-electron chi connectivity index (χ1n) is 10.2. The Kier molecular flexibility index (Phi) is 5.26. The fourth-order valence-corrected chi connectivity index (χ4v) is 6.64. The van der Waals surface area contributed by atoms with Crippen molar-refractivity contribution in [2.75, 3.05) is 24.5 Å². The van der Waals surface area contributed by atoms with Gasteiger partial charge in [-0.15, -0.1) is 11.3 Å². The third kappa shape index (κ3) is 3.61. The Bertz CT molecular complexity index is 1130. The fraction of sp³-hybridized carbons (Fsp3) is 0.381. The number of thiophene rings is 1. The molecule has 0 radical (unpaired) electrons. The number of nitrogens with zero attached hydrogens (tertiary/aromatic N) is 5. The van der Waals surface area contributed by atoms with Crippen LogP contribution in [0.15, 0.2) is 46.1 Å². The van der Waals surface area contributed by atoms with Crippen LogP contribution in [0, 0.1) is 0 Å². The van der Waals surface area contributed by atoms with Gasteiger partial charge in [0.15, 0.2) is 5.82 Å². The van der Waals surface area contributed by atoms with Crippen LogP contribution < -0.4 is 4.90 Å². The summed E-state index contributed by atoms with van der Waals surface area (Å²) in [5.74, 6) is 1.48. The number of sulfonamides is 1. The molecule has 30 heavy (non-hydrogen) atoms. The van der Waals surface area contributed by atoms with Crippen molar-refractivity contribution in [1.82, 2.24) is 19.3 Å². The molecule has 1 saturated heterocycles. The molecule has 2 aliphatic heterocycles. The van der Waals surface area contributed by atoms with Crippen LogP contribution in [0.2, 0.25) is 0 Å². The molecule has 7 nitrogen and oxygen atoms in total. The third-order valence-corrected chi connectivity index (χ3v) is 8.86. The van der Waals surface area contributed by atoms with E-state index in [1.807, 2.05) is 18.2 Å². The van der Waals surface area contributed by atoms with Gasteiger partial charge in [-0.2, -0.15) is 4.31 Å². The lowest BCUT2D eigenvalue weighted by Gasteiger charge is -2.34. The van der Waals surface area contributed by atoms with Crippen molar-refractivity contribution < 1.29 is 8.42 Å². The number of pyridine rings is 1. The fourth-order valence-electron chi connectivity index (χ4n) is 4.09. The summed E-state index contributed by atoms with van der Waals surface area (Å²) in [6.07, 6.45) is 5.77. The van der Waals surface area contributed by atoms with E-state index in [0.29, 0.717) is 29.5 Å². The molecule has 0 unspecified atom stereocenters. The quantitative estimate of drug-likeness (QED) is 0.618. The normalized spacial score (nSPS) is 17.7. The molecular formula is C21H23N5O2S2. The lowest BCUT2D eigenvalue weighted by atomic mass is 10.0. The molecule has 0 N–H and O–H groups in total. The first-order chi connectivity index (χ1) is 14.6. The van der Waals surface area contributed by atoms with Gasteiger partial charge in [0.2, 0.25) is 0 Å². The van der Waals surface area contributed by atoms with Gasteiger partial charge in [-0.05, 0) is 42.8 Å². The van der Waals surface area contributed by atoms with Gasteiger partial charge in [0, 0.05) is 44.4 Å². The molecule has 0 amide bonds. The molecule has 5 rings (SSSR count). The summed E-state index contributed by atoms with van der Waals surface area (Å²) in [4.78, 5) is 16.4. The lowest BCUT2D eigenvalue weighted by Crippen LogP contribution is -2.39. The number of piperidine rings is 1. The van der Waals surface area contributed by atoms with Crippen LogP contribution in [-0.2, 0) is 23.0 Å². The average molecular weight is 442 g/mol. The van der Waals surface area contributed by atoms with Crippen molar-refractivity contribution in [1.29, 1.82) is 0 Å². The van der Waals surface area contributed by atoms with Crippen LogP contribution in [-0.4, -0.2) is 47.3 Å². The maximum Gasteiger partial charge on any atom is 0.252 e. The van der Waals surface area contributed by atoms with Gasteiger partial charge in [-0.25, -0.2) is 18.4 Å². The Labute approximate surface area is 180 Å². The molecule has 1 fully saturated rings. The molecule has 0 aliphatic carbocycles. The summed E-state index contributed by atoms with van der Waals surface area (Å²) in [5, 5.41) is 1.80. The van der Waals surface area contributed by atoms with E-state index >= 15 is 0 Å². The van der Waals surface area contributed by atoms with E-state index in [0.717, 1.165) is 48.7 Å². The van der Waals surface area contributed by atoms with Crippen LogP contribution in [0.4, 0.5) is 5.82 Å². The van der Waals surface area contributed by atoms with Gasteiger partial charge in [-0.1, -0.05) is 12.1 Å². The molecule has 0 aromatic carbocycles. The molecule has 0 spiro atoms. The molecular weight excluding hydrogens is 418 g/mol. The third-order valence-electron chi connectivity index (χ3n) is 5.64. The second kappa shape index (κ2) is 8.05. The zero-order valence-electron chi connectivity index (χ0n) is 16.6. The predicted molar refractivity (Wildman–Crippen MR) is 117 cm³/mol. The lowest BCUT2D eigenvalue weighted by molar-refractivity contribution is 0.387. The van der Waals surface area contributed by atoms with Gasteiger partial charge in [0.1, 0.15) is 15.7 Å². The van der Waals surface area contributed by atoms with Crippen LogP contribution in [0.3, 0.4) is 0 Å². The Balaban J connectivity index is 1.57. The highest BCUT2D eigenvalue weighted by atomic mass is 32.2. The molecule has 0 saturated carbocycles. The predicted octanol–water partition coefficient (Wildman–Crippen LogP) is 3.34. The van der Waals surface area contributed by atoms with E-state index in [1.54, 1.807) is 28.0 Å². The minimum Gasteiger partial charge on any atom is -0.356 e. The van der Waals surface area contributed by atoms with E-state index in [1.165, 1.54) is 17.8 Å². The summed E-state index contributed by atoms with van der Waals surface area (Å²) in [5.41, 5.74) is 2.61. The first kappa shape index (κ1) is 19.6. The van der Waals surface area contributed by atoms with Crippen molar-refractivity contribution in [3.8, 4) is 11.5 Å². The molecule has 2 aliphatic rings. The van der Waals surface area contributed by atoms with Crippen molar-refractivity contribution in [2.45, 2.75) is 36.4 Å². The number of fused-ring (bicyclic) bond motifs is 1. The van der Waals surface area contributed by atoms with E-state index in [-0.39, 0.29) is 0 Å². The summed E-state index contributed by atoms with van der Waals surface area (Å²) in [6.45, 7) is 2.60. The Morgan fingerprint density at radius 3 is 2.57 bits per heavy atom. The van der Waals surface area contributed by atoms with Crippen LogP contribution in [0.5, 0.6) is 0 Å². The summed E-state index contributed by atoms with van der Waals surface area (Å²) in [7, 11) is -3.51. The number of rotatable bonds is 4. The Hall–Kier alpha value is -2.36. The number of hydrogen-bond acceptors (Lipinski definition) is 7. The van der Waals surface area contributed by atoms with E-state index < -0.39 is 10.0 Å². The monoisotopic (exact) mass is 441 g/mol. The van der Waals surface area contributed by atoms with Gasteiger partial charge < -0.3 is 4.90 Å². The summed E-state index contributed by atoms with van der Waals surface area (Å²) in [6, 6.07) is 9.17. The van der Waals surface area contributed by atoms with Crippen molar-refractivity contribution >= 4 is 27.2 Å². The highest BCUT2D eigenvalue weighted by Crippen LogP contribution is 2.33. The molecule has 3 aromatic heterocycles. The molecule has 0 bridgehead atoms. The van der Waals surface area contributed by atoms with Gasteiger partial charge >= 0.3 is 0 Å². The van der Waals surface area contributed by atoms with Gasteiger partial charge in [0.25, 0.3) is 10.0 Å². The molecule has 156 valence electrons. The summed E-state index contributed by atoms with van der Waals surface area (Å²) >= 11 is 1.26.